The number of fused-ring (bicyclic) bond motifs is 7. The van der Waals surface area contributed by atoms with Crippen molar-refractivity contribution < 1.29 is 34.4 Å². The monoisotopic (exact) mass is 934 g/mol. The minimum atomic E-state index is -1.39. The number of benzene rings is 4. The Morgan fingerprint density at radius 1 is 0.870 bits per heavy atom. The summed E-state index contributed by atoms with van der Waals surface area (Å²) in [7, 11) is -1.39. The molecule has 7 aromatic rings. The molecule has 1 radical (unpaired) electrons. The molecule has 0 saturated carbocycles. The van der Waals surface area contributed by atoms with Gasteiger partial charge in [-0.05, 0) is 64.6 Å². The fraction of sp³-hybridized carbons (Fsp3) is 0.370. The maximum absolute atomic E-state index is 11.7. The molecule has 0 aliphatic rings. The molecule has 5 nitrogen and oxygen atoms in total. The van der Waals surface area contributed by atoms with E-state index in [0.717, 1.165) is 58.7 Å². The zero-order chi connectivity index (χ0) is 38.2. The van der Waals surface area contributed by atoms with Crippen LogP contribution in [-0.2, 0) is 30.3 Å². The molecule has 0 spiro atoms. The molecule has 0 saturated heterocycles. The SMILES string of the molecule is CC(C)(C)c1cc(-c2ncnc3oc4cc5c(ccc6cc([Si](C)(C)C)sc65)cc4c23)[c-]c2ccccc12.CCC(CC)C(=O)/C=C(\O)C(CC)CC.[Ir]. The number of allylic oxidation sites excluding steroid dienone is 2. The van der Waals surface area contributed by atoms with Crippen LogP contribution in [0.15, 0.2) is 83.2 Å². The second kappa shape index (κ2) is 16.6. The average molecular weight is 934 g/mol. The third kappa shape index (κ3) is 8.28. The molecule has 0 amide bonds. The zero-order valence-electron chi connectivity index (χ0n) is 33.3. The van der Waals surface area contributed by atoms with Crippen molar-refractivity contribution in [2.45, 2.75) is 99.2 Å². The summed E-state index contributed by atoms with van der Waals surface area (Å²) < 4.78 is 9.25. The van der Waals surface area contributed by atoms with Gasteiger partial charge in [-0.2, -0.15) is 0 Å². The number of hydrogen-bond acceptors (Lipinski definition) is 6. The predicted octanol–water partition coefficient (Wildman–Crippen LogP) is 13.1. The van der Waals surface area contributed by atoms with E-state index in [9.17, 15) is 9.90 Å². The van der Waals surface area contributed by atoms with E-state index in [2.05, 4.69) is 112 Å². The van der Waals surface area contributed by atoms with E-state index < -0.39 is 8.07 Å². The first kappa shape index (κ1) is 41.5. The molecule has 0 aliphatic carbocycles. The minimum absolute atomic E-state index is 0. The Labute approximate surface area is 338 Å². The van der Waals surface area contributed by atoms with Gasteiger partial charge < -0.3 is 9.52 Å². The van der Waals surface area contributed by atoms with Gasteiger partial charge in [-0.15, -0.1) is 40.5 Å². The average Bonchev–Trinajstić information content (AvgIpc) is 3.73. The van der Waals surface area contributed by atoms with Crippen molar-refractivity contribution in [3.05, 3.63) is 90.5 Å². The maximum Gasteiger partial charge on any atom is 0.223 e. The van der Waals surface area contributed by atoms with Gasteiger partial charge in [-0.1, -0.05) is 109 Å². The molecule has 285 valence electrons. The van der Waals surface area contributed by atoms with Gasteiger partial charge in [-0.3, -0.25) is 9.78 Å². The number of aliphatic hydroxyl groups excluding tert-OH is 1. The summed E-state index contributed by atoms with van der Waals surface area (Å²) in [6, 6.07) is 25.7. The van der Waals surface area contributed by atoms with Crippen molar-refractivity contribution in [3.63, 3.8) is 0 Å². The molecule has 3 aromatic heterocycles. The van der Waals surface area contributed by atoms with Crippen LogP contribution in [0.5, 0.6) is 0 Å². The summed E-state index contributed by atoms with van der Waals surface area (Å²) in [4.78, 5) is 21.1. The number of carbonyl (C=O) groups excluding carboxylic acids is 1. The fourth-order valence-corrected chi connectivity index (χ4v) is 10.3. The van der Waals surface area contributed by atoms with E-state index in [1.807, 2.05) is 39.0 Å². The topological polar surface area (TPSA) is 76.2 Å². The molecular weight excluding hydrogens is 881 g/mol. The van der Waals surface area contributed by atoms with Crippen LogP contribution >= 0.6 is 11.3 Å². The van der Waals surface area contributed by atoms with Crippen molar-refractivity contribution in [2.75, 3.05) is 0 Å². The molecule has 7 rings (SSSR count). The van der Waals surface area contributed by atoms with Crippen molar-refractivity contribution in [2.24, 2.45) is 11.8 Å². The molecule has 1 N–H and O–H groups in total. The van der Waals surface area contributed by atoms with Gasteiger partial charge in [0.05, 0.1) is 13.8 Å². The number of nitrogens with zero attached hydrogens (tertiary/aromatic N) is 2. The molecule has 4 aromatic carbocycles. The normalized spacial score (nSPS) is 12.6. The number of hydrogen-bond donors (Lipinski definition) is 1. The predicted molar refractivity (Wildman–Crippen MR) is 230 cm³/mol. The number of ketones is 1. The summed E-state index contributed by atoms with van der Waals surface area (Å²) in [6.07, 6.45) is 6.51. The van der Waals surface area contributed by atoms with Crippen molar-refractivity contribution in [1.29, 1.82) is 0 Å². The number of aliphatic hydroxyl groups is 1. The zero-order valence-corrected chi connectivity index (χ0v) is 37.5. The molecule has 0 bridgehead atoms. The summed E-state index contributed by atoms with van der Waals surface area (Å²) in [5, 5.41) is 17.8. The number of carbonyl (C=O) groups is 1. The Bertz CT molecular complexity index is 2480. The van der Waals surface area contributed by atoms with Gasteiger partial charge in [-0.25, -0.2) is 4.98 Å². The van der Waals surface area contributed by atoms with Gasteiger partial charge in [0.2, 0.25) is 5.71 Å². The molecule has 54 heavy (non-hydrogen) atoms. The van der Waals surface area contributed by atoms with E-state index >= 15 is 0 Å². The van der Waals surface area contributed by atoms with Crippen LogP contribution in [0.1, 0.15) is 79.7 Å². The first-order valence-electron chi connectivity index (χ1n) is 19.1. The van der Waals surface area contributed by atoms with Crippen LogP contribution in [0.3, 0.4) is 0 Å². The van der Waals surface area contributed by atoms with Gasteiger partial charge in [0, 0.05) is 64.6 Å². The van der Waals surface area contributed by atoms with Crippen LogP contribution in [0.4, 0.5) is 0 Å². The molecule has 0 fully saturated rings. The van der Waals surface area contributed by atoms with Gasteiger partial charge in [0.15, 0.2) is 5.78 Å². The molecule has 3 heterocycles. The number of rotatable bonds is 9. The van der Waals surface area contributed by atoms with Crippen LogP contribution in [0.2, 0.25) is 19.6 Å². The third-order valence-corrected chi connectivity index (χ3v) is 15.3. The Balaban J connectivity index is 0.000000301. The summed E-state index contributed by atoms with van der Waals surface area (Å²) >= 11 is 1.94. The molecule has 0 atom stereocenters. The van der Waals surface area contributed by atoms with Crippen molar-refractivity contribution in [3.8, 4) is 11.3 Å². The molecule has 8 heteroatoms. The summed E-state index contributed by atoms with van der Waals surface area (Å²) in [6.45, 7) is 22.1. The minimum Gasteiger partial charge on any atom is -0.512 e. The second-order valence-corrected chi connectivity index (χ2v) is 22.8. The number of furan rings is 1. The molecule has 0 unspecified atom stereocenters. The third-order valence-electron chi connectivity index (χ3n) is 10.5. The van der Waals surface area contributed by atoms with Crippen molar-refractivity contribution >= 4 is 83.4 Å². The second-order valence-electron chi connectivity index (χ2n) is 16.3. The van der Waals surface area contributed by atoms with Crippen LogP contribution in [0.25, 0.3) is 65.0 Å². The maximum atomic E-state index is 11.7. The van der Waals surface area contributed by atoms with Crippen LogP contribution in [0, 0.1) is 17.9 Å². The fourth-order valence-electron chi connectivity index (χ4n) is 7.26. The standard InChI is InChI=1S/C33H29N2OSSi.C13H24O2.Ir/c1-33(2,3)26-15-22(13-19-9-7-8-10-23(19)26)30-29-25-14-20-11-12-21-16-28(38(4,5)6)37-31(21)24(20)17-27(25)36-32(29)35-18-34-30;1-5-10(6-2)12(14)9-13(15)11(7-3)8-4;/h7-12,14-18H,1-6H3;9-11,14H,5-8H2,1-4H3;/q-1;;/b;12-9-;. The number of aromatic nitrogens is 2. The van der Waals surface area contributed by atoms with Gasteiger partial charge in [0.25, 0.3) is 0 Å². The van der Waals surface area contributed by atoms with Gasteiger partial charge in [0.1, 0.15) is 11.9 Å². The first-order valence-corrected chi connectivity index (χ1v) is 23.4. The molecule has 0 aliphatic heterocycles. The largest absolute Gasteiger partial charge is 0.512 e. The molecular formula is C46H53IrN2O3SSi-. The Morgan fingerprint density at radius 2 is 1.54 bits per heavy atom. The summed E-state index contributed by atoms with van der Waals surface area (Å²) in [5.74, 6) is 0.547. The summed E-state index contributed by atoms with van der Waals surface area (Å²) in [5.41, 5.74) is 4.56. The van der Waals surface area contributed by atoms with Crippen molar-refractivity contribution in [1.82, 2.24) is 9.97 Å². The van der Waals surface area contributed by atoms with E-state index in [4.69, 9.17) is 9.40 Å². The van der Waals surface area contributed by atoms with E-state index in [1.165, 1.54) is 42.4 Å². The Kier molecular flexibility index (Phi) is 12.7. The first-order chi connectivity index (χ1) is 25.2. The van der Waals surface area contributed by atoms with E-state index in [-0.39, 0.29) is 48.9 Å². The van der Waals surface area contributed by atoms with Crippen LogP contribution in [-0.4, -0.2) is 28.9 Å². The quantitative estimate of drug-likeness (QED) is 0.0675. The smallest absolute Gasteiger partial charge is 0.223 e. The Morgan fingerprint density at radius 3 is 2.19 bits per heavy atom. The van der Waals surface area contributed by atoms with Gasteiger partial charge >= 0.3 is 0 Å². The van der Waals surface area contributed by atoms with E-state index in [1.54, 1.807) is 6.33 Å². The van der Waals surface area contributed by atoms with Crippen LogP contribution < -0.4 is 4.50 Å². The Hall–Kier alpha value is -3.68. The van der Waals surface area contributed by atoms with E-state index in [0.29, 0.717) is 5.71 Å². The number of thiophene rings is 1.